The number of halogens is 3. The lowest BCUT2D eigenvalue weighted by Gasteiger charge is -2.31. The third kappa shape index (κ3) is 2.76. The largest absolute Gasteiger partial charge is 0.479 e. The van der Waals surface area contributed by atoms with Gasteiger partial charge in [-0.05, 0) is 11.6 Å². The summed E-state index contributed by atoms with van der Waals surface area (Å²) in [5, 5.41) is 20.2. The van der Waals surface area contributed by atoms with Gasteiger partial charge in [0.25, 0.3) is 0 Å². The molecule has 1 unspecified atom stereocenters. The second-order valence-corrected chi connectivity index (χ2v) is 5.80. The molecule has 22 heavy (non-hydrogen) atoms. The smallest absolute Gasteiger partial charge is 0.341 e. The topological polar surface area (TPSA) is 57.5 Å². The normalized spacial score (nSPS) is 15.1. The van der Waals surface area contributed by atoms with Crippen LogP contribution in [0.15, 0.2) is 46.9 Å². The number of carboxylic acid groups (broad SMARTS) is 1. The summed E-state index contributed by atoms with van der Waals surface area (Å²) in [6.45, 7) is 1.38. The third-order valence-corrected chi connectivity index (χ3v) is 4.30. The molecule has 2 N–H and O–H groups in total. The van der Waals surface area contributed by atoms with Crippen molar-refractivity contribution in [2.24, 2.45) is 0 Å². The Labute approximate surface area is 134 Å². The van der Waals surface area contributed by atoms with Gasteiger partial charge in [0.05, 0.1) is 0 Å². The van der Waals surface area contributed by atoms with Crippen LogP contribution in [0.2, 0.25) is 0 Å². The van der Waals surface area contributed by atoms with Crippen molar-refractivity contribution in [3.05, 3.63) is 69.7 Å². The first kappa shape index (κ1) is 16.6. The van der Waals surface area contributed by atoms with Gasteiger partial charge in [-0.1, -0.05) is 53.2 Å². The van der Waals surface area contributed by atoms with Crippen LogP contribution in [0, 0.1) is 11.6 Å². The number of aliphatic carboxylic acids is 1. The maximum atomic E-state index is 14.1. The van der Waals surface area contributed by atoms with Crippen LogP contribution in [-0.2, 0) is 10.4 Å². The highest BCUT2D eigenvalue weighted by Gasteiger charge is 2.45. The molecule has 0 aliphatic heterocycles. The Morgan fingerprint density at radius 2 is 1.82 bits per heavy atom. The monoisotopic (exact) mass is 370 g/mol. The summed E-state index contributed by atoms with van der Waals surface area (Å²) in [4.78, 5) is 11.7. The first-order valence-electron chi connectivity index (χ1n) is 6.44. The molecule has 116 valence electrons. The summed E-state index contributed by atoms with van der Waals surface area (Å²) in [6, 6.07) is 9.40. The highest BCUT2D eigenvalue weighted by molar-refractivity contribution is 9.10. The van der Waals surface area contributed by atoms with Crippen molar-refractivity contribution in [1.82, 2.24) is 0 Å². The number of carbonyl (C=O) groups is 1. The third-order valence-electron chi connectivity index (χ3n) is 3.64. The molecule has 0 heterocycles. The number of benzene rings is 2. The molecule has 0 radical (unpaired) electrons. The van der Waals surface area contributed by atoms with Crippen LogP contribution in [0.5, 0.6) is 0 Å². The lowest BCUT2D eigenvalue weighted by molar-refractivity contribution is -0.162. The predicted molar refractivity (Wildman–Crippen MR) is 80.4 cm³/mol. The van der Waals surface area contributed by atoms with Gasteiger partial charge in [0.1, 0.15) is 11.6 Å². The SMILES string of the molecule is CC(c1c(F)cc(F)cc1Br)[C@@](O)(C(=O)O)c1ccccc1. The van der Waals surface area contributed by atoms with Crippen molar-refractivity contribution in [3.63, 3.8) is 0 Å². The quantitative estimate of drug-likeness (QED) is 0.860. The molecule has 0 aliphatic rings. The highest BCUT2D eigenvalue weighted by atomic mass is 79.9. The molecule has 3 nitrogen and oxygen atoms in total. The molecule has 0 aromatic heterocycles. The van der Waals surface area contributed by atoms with E-state index in [1.54, 1.807) is 18.2 Å². The average molecular weight is 371 g/mol. The van der Waals surface area contributed by atoms with E-state index < -0.39 is 29.1 Å². The number of rotatable bonds is 4. The molecule has 0 aliphatic carbocycles. The predicted octanol–water partition coefficient (Wildman–Crippen LogP) is 3.80. The zero-order chi connectivity index (χ0) is 16.5. The lowest BCUT2D eigenvalue weighted by atomic mass is 9.78. The summed E-state index contributed by atoms with van der Waals surface area (Å²) in [5.74, 6) is -4.38. The number of hydrogen-bond acceptors (Lipinski definition) is 2. The van der Waals surface area contributed by atoms with Crippen molar-refractivity contribution in [1.29, 1.82) is 0 Å². The van der Waals surface area contributed by atoms with Crippen LogP contribution < -0.4 is 0 Å². The van der Waals surface area contributed by atoms with Crippen molar-refractivity contribution in [3.8, 4) is 0 Å². The maximum Gasteiger partial charge on any atom is 0.341 e. The molecule has 2 atom stereocenters. The van der Waals surface area contributed by atoms with Gasteiger partial charge in [0, 0.05) is 22.0 Å². The van der Waals surface area contributed by atoms with Crippen LogP contribution in [0.4, 0.5) is 8.78 Å². The van der Waals surface area contributed by atoms with Gasteiger partial charge in [0.2, 0.25) is 0 Å². The molecule has 0 bridgehead atoms. The van der Waals surface area contributed by atoms with Gasteiger partial charge in [0.15, 0.2) is 5.60 Å². The Bertz CT molecular complexity index is 683. The lowest BCUT2D eigenvalue weighted by Crippen LogP contribution is -2.41. The van der Waals surface area contributed by atoms with Crippen LogP contribution in [0.3, 0.4) is 0 Å². The molecule has 0 spiro atoms. The van der Waals surface area contributed by atoms with Crippen LogP contribution in [-0.4, -0.2) is 16.2 Å². The standard InChI is InChI=1S/C16H13BrF2O3/c1-9(14-12(17)7-11(18)8-13(14)19)16(22,15(20)21)10-5-3-2-4-6-10/h2-9,22H,1H3,(H,20,21)/t9?,16-/m0/s1. The van der Waals surface area contributed by atoms with E-state index in [4.69, 9.17) is 0 Å². The number of hydrogen-bond donors (Lipinski definition) is 2. The number of carboxylic acids is 1. The van der Waals surface area contributed by atoms with Gasteiger partial charge in [-0.2, -0.15) is 0 Å². The summed E-state index contributed by atoms with van der Waals surface area (Å²) in [7, 11) is 0. The molecule has 2 aromatic carbocycles. The van der Waals surface area contributed by atoms with E-state index in [0.29, 0.717) is 6.07 Å². The minimum atomic E-state index is -2.34. The van der Waals surface area contributed by atoms with E-state index in [9.17, 15) is 23.8 Å². The fourth-order valence-electron chi connectivity index (χ4n) is 2.43. The van der Waals surface area contributed by atoms with Gasteiger partial charge >= 0.3 is 5.97 Å². The minimum absolute atomic E-state index is 0.0631. The van der Waals surface area contributed by atoms with Gasteiger partial charge in [-0.15, -0.1) is 0 Å². The Balaban J connectivity index is 2.63. The van der Waals surface area contributed by atoms with Crippen LogP contribution in [0.1, 0.15) is 24.0 Å². The van der Waals surface area contributed by atoms with Gasteiger partial charge in [-0.25, -0.2) is 13.6 Å². The zero-order valence-corrected chi connectivity index (χ0v) is 13.1. The summed E-state index contributed by atoms with van der Waals surface area (Å²) < 4.78 is 27.4. The fourth-order valence-corrected chi connectivity index (χ4v) is 3.18. The van der Waals surface area contributed by atoms with Crippen molar-refractivity contribution in [2.75, 3.05) is 0 Å². The Kier molecular flexibility index (Phi) is 4.63. The Hall–Kier alpha value is -1.79. The molecule has 0 fully saturated rings. The first-order valence-corrected chi connectivity index (χ1v) is 7.23. The summed E-state index contributed by atoms with van der Waals surface area (Å²) in [6.07, 6.45) is 0. The molecule has 0 amide bonds. The van der Waals surface area contributed by atoms with E-state index in [1.165, 1.54) is 19.1 Å². The van der Waals surface area contributed by atoms with Crippen molar-refractivity contribution in [2.45, 2.75) is 18.4 Å². The maximum absolute atomic E-state index is 14.1. The van der Waals surface area contributed by atoms with Crippen LogP contribution in [0.25, 0.3) is 0 Å². The zero-order valence-electron chi connectivity index (χ0n) is 11.6. The van der Waals surface area contributed by atoms with E-state index in [0.717, 1.165) is 6.07 Å². The first-order chi connectivity index (χ1) is 10.3. The van der Waals surface area contributed by atoms with Crippen molar-refractivity contribution >= 4 is 21.9 Å². The van der Waals surface area contributed by atoms with Crippen molar-refractivity contribution < 1.29 is 23.8 Å². The average Bonchev–Trinajstić information content (AvgIpc) is 2.45. The minimum Gasteiger partial charge on any atom is -0.479 e. The molecule has 6 heteroatoms. The van der Waals surface area contributed by atoms with E-state index in [-0.39, 0.29) is 15.6 Å². The number of aliphatic hydroxyl groups is 1. The second kappa shape index (κ2) is 6.14. The van der Waals surface area contributed by atoms with E-state index in [1.807, 2.05) is 0 Å². The Morgan fingerprint density at radius 1 is 1.23 bits per heavy atom. The van der Waals surface area contributed by atoms with E-state index in [2.05, 4.69) is 15.9 Å². The molecular formula is C16H13BrF2O3. The second-order valence-electron chi connectivity index (χ2n) is 4.94. The van der Waals surface area contributed by atoms with Gasteiger partial charge in [-0.3, -0.25) is 0 Å². The summed E-state index contributed by atoms with van der Waals surface area (Å²) in [5.41, 5.74) is -2.33. The van der Waals surface area contributed by atoms with E-state index >= 15 is 0 Å². The highest BCUT2D eigenvalue weighted by Crippen LogP contribution is 2.41. The molecule has 2 aromatic rings. The molecular weight excluding hydrogens is 358 g/mol. The van der Waals surface area contributed by atoms with Gasteiger partial charge < -0.3 is 10.2 Å². The van der Waals surface area contributed by atoms with Crippen LogP contribution >= 0.6 is 15.9 Å². The molecule has 2 rings (SSSR count). The Morgan fingerprint density at radius 3 is 2.32 bits per heavy atom. The summed E-state index contributed by atoms with van der Waals surface area (Å²) >= 11 is 3.03. The molecule has 0 saturated carbocycles. The molecule has 0 saturated heterocycles. The fraction of sp³-hybridized carbons (Fsp3) is 0.188.